The van der Waals surface area contributed by atoms with Crippen LogP contribution in [0.3, 0.4) is 0 Å². The average molecular weight is 463 g/mol. The van der Waals surface area contributed by atoms with Crippen molar-refractivity contribution in [2.24, 2.45) is 11.8 Å². The molecule has 3 atom stereocenters. The summed E-state index contributed by atoms with van der Waals surface area (Å²) in [5, 5.41) is 12.5. The van der Waals surface area contributed by atoms with Gasteiger partial charge in [-0.3, -0.25) is 4.79 Å². The van der Waals surface area contributed by atoms with Crippen molar-refractivity contribution >= 4 is 18.0 Å². The van der Waals surface area contributed by atoms with Crippen LogP contribution in [0.25, 0.3) is 11.1 Å². The molecule has 34 heavy (non-hydrogen) atoms. The zero-order chi connectivity index (χ0) is 23.9. The van der Waals surface area contributed by atoms with Crippen LogP contribution in [0.2, 0.25) is 0 Å². The molecule has 1 heterocycles. The van der Waals surface area contributed by atoms with Crippen molar-refractivity contribution in [3.63, 3.8) is 0 Å². The van der Waals surface area contributed by atoms with Crippen LogP contribution in [0.15, 0.2) is 48.5 Å². The highest BCUT2D eigenvalue weighted by atomic mass is 16.5. The van der Waals surface area contributed by atoms with Crippen molar-refractivity contribution < 1.29 is 24.2 Å². The zero-order valence-electron chi connectivity index (χ0n) is 19.3. The van der Waals surface area contributed by atoms with Gasteiger partial charge in [0.15, 0.2) is 0 Å². The first kappa shape index (κ1) is 22.4. The molecule has 0 spiro atoms. The minimum absolute atomic E-state index is 0.00162. The summed E-state index contributed by atoms with van der Waals surface area (Å²) in [6.45, 7) is 2.91. The summed E-state index contributed by atoms with van der Waals surface area (Å²) in [6.07, 6.45) is 1.79. The molecule has 0 bridgehead atoms. The Morgan fingerprint density at radius 1 is 1.09 bits per heavy atom. The minimum Gasteiger partial charge on any atom is -0.479 e. The standard InChI is InChI=1S/C27H30N2O5/c1-2-27(25(31)32)12-7-13-29(27)24(30)22-14-17(22)15-28-26(33)34-16-23-20-10-5-3-8-18(20)19-9-4-6-11-21(19)23/h3-6,8-11,17,22-23H,2,7,12-16H2,1H3,(H,28,33)(H,31,32). The topological polar surface area (TPSA) is 95.9 Å². The molecule has 1 saturated carbocycles. The number of alkyl carbamates (subject to hydrolysis) is 1. The van der Waals surface area contributed by atoms with Gasteiger partial charge in [-0.1, -0.05) is 55.5 Å². The second kappa shape index (κ2) is 8.78. The number of nitrogens with zero attached hydrogens (tertiary/aromatic N) is 1. The molecular weight excluding hydrogens is 432 g/mol. The van der Waals surface area contributed by atoms with E-state index in [4.69, 9.17) is 4.74 Å². The fourth-order valence-corrected chi connectivity index (χ4v) is 5.78. The van der Waals surface area contributed by atoms with Gasteiger partial charge in [0, 0.05) is 24.9 Å². The Morgan fingerprint density at radius 2 is 1.74 bits per heavy atom. The van der Waals surface area contributed by atoms with Crippen LogP contribution in [0.5, 0.6) is 0 Å². The third-order valence-electron chi connectivity index (χ3n) is 7.83. The fourth-order valence-electron chi connectivity index (χ4n) is 5.78. The largest absolute Gasteiger partial charge is 0.479 e. The maximum atomic E-state index is 13.0. The summed E-state index contributed by atoms with van der Waals surface area (Å²) in [5.41, 5.74) is 3.60. The number of carbonyl (C=O) groups excluding carboxylic acids is 2. The third-order valence-corrected chi connectivity index (χ3v) is 7.83. The Balaban J connectivity index is 1.14. The number of ether oxygens (including phenoxy) is 1. The maximum absolute atomic E-state index is 13.0. The van der Waals surface area contributed by atoms with Crippen molar-refractivity contribution in [2.75, 3.05) is 19.7 Å². The van der Waals surface area contributed by atoms with E-state index in [1.165, 1.54) is 11.1 Å². The average Bonchev–Trinajstić information content (AvgIpc) is 3.37. The Labute approximate surface area is 199 Å². The molecule has 7 heteroatoms. The summed E-state index contributed by atoms with van der Waals surface area (Å²) in [4.78, 5) is 38.9. The summed E-state index contributed by atoms with van der Waals surface area (Å²) >= 11 is 0. The number of likely N-dealkylation sites (tertiary alicyclic amines) is 1. The number of hydrogen-bond acceptors (Lipinski definition) is 4. The second-order valence-corrected chi connectivity index (χ2v) is 9.59. The number of amides is 2. The molecule has 2 fully saturated rings. The normalized spacial score (nSPS) is 24.9. The zero-order valence-corrected chi connectivity index (χ0v) is 19.3. The number of aliphatic carboxylic acids is 1. The minimum atomic E-state index is -1.08. The van der Waals surface area contributed by atoms with Gasteiger partial charge in [-0.15, -0.1) is 0 Å². The smallest absolute Gasteiger partial charge is 0.407 e. The molecule has 2 aliphatic carbocycles. The number of carbonyl (C=O) groups is 3. The molecule has 7 nitrogen and oxygen atoms in total. The Morgan fingerprint density at radius 3 is 2.35 bits per heavy atom. The van der Waals surface area contributed by atoms with E-state index < -0.39 is 17.6 Å². The molecule has 3 aliphatic rings. The van der Waals surface area contributed by atoms with E-state index in [9.17, 15) is 19.5 Å². The molecule has 2 aromatic rings. The molecule has 2 amide bonds. The van der Waals surface area contributed by atoms with Crippen molar-refractivity contribution in [3.8, 4) is 11.1 Å². The molecule has 5 rings (SSSR count). The summed E-state index contributed by atoms with van der Waals surface area (Å²) < 4.78 is 5.57. The van der Waals surface area contributed by atoms with E-state index in [0.29, 0.717) is 38.8 Å². The van der Waals surface area contributed by atoms with Crippen molar-refractivity contribution in [1.82, 2.24) is 10.2 Å². The van der Waals surface area contributed by atoms with E-state index in [0.717, 1.165) is 11.1 Å². The first-order valence-electron chi connectivity index (χ1n) is 12.1. The van der Waals surface area contributed by atoms with Crippen molar-refractivity contribution in [3.05, 3.63) is 59.7 Å². The van der Waals surface area contributed by atoms with E-state index in [-0.39, 0.29) is 30.3 Å². The van der Waals surface area contributed by atoms with Gasteiger partial charge in [0.25, 0.3) is 0 Å². The number of rotatable bonds is 7. The first-order valence-corrected chi connectivity index (χ1v) is 12.1. The van der Waals surface area contributed by atoms with Gasteiger partial charge in [0.1, 0.15) is 12.1 Å². The molecule has 3 unspecified atom stereocenters. The van der Waals surface area contributed by atoms with E-state index in [1.54, 1.807) is 4.90 Å². The molecule has 0 radical (unpaired) electrons. The van der Waals surface area contributed by atoms with Crippen LogP contribution in [0, 0.1) is 11.8 Å². The molecule has 1 saturated heterocycles. The van der Waals surface area contributed by atoms with Crippen molar-refractivity contribution in [2.45, 2.75) is 44.1 Å². The molecule has 1 aliphatic heterocycles. The van der Waals surface area contributed by atoms with Gasteiger partial charge >= 0.3 is 12.1 Å². The number of hydrogen-bond donors (Lipinski definition) is 2. The predicted octanol–water partition coefficient (Wildman–Crippen LogP) is 4.02. The Hall–Kier alpha value is -3.35. The molecule has 2 N–H and O–H groups in total. The van der Waals surface area contributed by atoms with E-state index in [1.807, 2.05) is 31.2 Å². The fraction of sp³-hybridized carbons (Fsp3) is 0.444. The van der Waals surface area contributed by atoms with Crippen molar-refractivity contribution in [1.29, 1.82) is 0 Å². The van der Waals surface area contributed by atoms with Crippen LogP contribution < -0.4 is 5.32 Å². The number of nitrogens with one attached hydrogen (secondary N) is 1. The van der Waals surface area contributed by atoms with Gasteiger partial charge < -0.3 is 20.1 Å². The van der Waals surface area contributed by atoms with Gasteiger partial charge in [-0.2, -0.15) is 0 Å². The van der Waals surface area contributed by atoms with Gasteiger partial charge in [-0.05, 0) is 53.9 Å². The van der Waals surface area contributed by atoms with Crippen LogP contribution in [0.4, 0.5) is 4.79 Å². The lowest BCUT2D eigenvalue weighted by Crippen LogP contribution is -2.53. The quantitative estimate of drug-likeness (QED) is 0.648. The van der Waals surface area contributed by atoms with Gasteiger partial charge in [0.05, 0.1) is 0 Å². The first-order chi connectivity index (χ1) is 16.5. The molecule has 2 aromatic carbocycles. The summed E-state index contributed by atoms with van der Waals surface area (Å²) in [7, 11) is 0. The summed E-state index contributed by atoms with van der Waals surface area (Å²) in [6, 6.07) is 16.4. The molecular formula is C27H30N2O5. The number of carboxylic acids is 1. The predicted molar refractivity (Wildman–Crippen MR) is 126 cm³/mol. The number of carboxylic acid groups (broad SMARTS) is 1. The highest BCUT2D eigenvalue weighted by Gasteiger charge is 2.54. The van der Waals surface area contributed by atoms with E-state index >= 15 is 0 Å². The number of fused-ring (bicyclic) bond motifs is 3. The number of benzene rings is 2. The Kier molecular flexibility index (Phi) is 5.80. The second-order valence-electron chi connectivity index (χ2n) is 9.59. The van der Waals surface area contributed by atoms with Crippen LogP contribution in [-0.2, 0) is 14.3 Å². The van der Waals surface area contributed by atoms with Crippen LogP contribution in [-0.4, -0.2) is 53.2 Å². The van der Waals surface area contributed by atoms with Gasteiger partial charge in [0.2, 0.25) is 5.91 Å². The highest BCUT2D eigenvalue weighted by Crippen LogP contribution is 2.45. The Bertz CT molecular complexity index is 1090. The lowest BCUT2D eigenvalue weighted by molar-refractivity contribution is -0.157. The lowest BCUT2D eigenvalue weighted by Gasteiger charge is -2.34. The third kappa shape index (κ3) is 3.73. The van der Waals surface area contributed by atoms with Crippen LogP contribution in [0.1, 0.15) is 49.7 Å². The molecule has 178 valence electrons. The van der Waals surface area contributed by atoms with Gasteiger partial charge in [-0.25, -0.2) is 9.59 Å². The summed E-state index contributed by atoms with van der Waals surface area (Å²) in [5.74, 6) is -1.22. The monoisotopic (exact) mass is 462 g/mol. The molecule has 0 aromatic heterocycles. The van der Waals surface area contributed by atoms with Crippen LogP contribution >= 0.6 is 0 Å². The maximum Gasteiger partial charge on any atom is 0.407 e. The lowest BCUT2D eigenvalue weighted by atomic mass is 9.92. The van der Waals surface area contributed by atoms with E-state index in [2.05, 4.69) is 29.6 Å². The SMILES string of the molecule is CCC1(C(=O)O)CCCN1C(=O)C1CC1CNC(=O)OCC1c2ccccc2-c2ccccc21. The highest BCUT2D eigenvalue weighted by molar-refractivity contribution is 5.90.